The summed E-state index contributed by atoms with van der Waals surface area (Å²) < 4.78 is 67.7. The molecule has 1 aromatic carbocycles. The number of benzene rings is 1. The molecular weight excluding hydrogens is 481 g/mol. The number of nitrogens with one attached hydrogen (secondary N) is 1. The van der Waals surface area contributed by atoms with Gasteiger partial charge in [0, 0.05) is 11.6 Å². The molecule has 0 bridgehead atoms. The van der Waals surface area contributed by atoms with E-state index in [1.165, 1.54) is 11.0 Å². The first-order chi connectivity index (χ1) is 16.0. The Morgan fingerprint density at radius 2 is 1.85 bits per heavy atom. The molecule has 3 aliphatic rings. The van der Waals surface area contributed by atoms with Crippen LogP contribution in [0.15, 0.2) is 30.3 Å². The monoisotopic (exact) mass is 499 g/mol. The number of hydrogen-bond acceptors (Lipinski definition) is 3. The normalized spacial score (nSPS) is 24.5. The van der Waals surface area contributed by atoms with Crippen LogP contribution in [-0.4, -0.2) is 33.8 Å². The lowest BCUT2D eigenvalue weighted by molar-refractivity contribution is -0.141. The maximum absolute atomic E-state index is 14.6. The molecule has 180 valence electrons. The average molecular weight is 500 g/mol. The third-order valence-electron chi connectivity index (χ3n) is 6.67. The zero-order valence-electron chi connectivity index (χ0n) is 17.6. The van der Waals surface area contributed by atoms with Gasteiger partial charge in [-0.25, -0.2) is 13.8 Å². The molecule has 34 heavy (non-hydrogen) atoms. The van der Waals surface area contributed by atoms with Crippen molar-refractivity contribution < 1.29 is 31.5 Å². The van der Waals surface area contributed by atoms with Gasteiger partial charge in [0.1, 0.15) is 29.1 Å². The third-order valence-corrected chi connectivity index (χ3v) is 6.96. The van der Waals surface area contributed by atoms with E-state index in [-0.39, 0.29) is 28.5 Å². The Morgan fingerprint density at radius 1 is 1.12 bits per heavy atom. The van der Waals surface area contributed by atoms with E-state index < -0.39 is 53.1 Å². The van der Waals surface area contributed by atoms with E-state index in [4.69, 9.17) is 11.6 Å². The molecule has 1 saturated heterocycles. The summed E-state index contributed by atoms with van der Waals surface area (Å²) in [5.74, 6) is -2.91. The molecule has 1 unspecified atom stereocenters. The zero-order valence-corrected chi connectivity index (χ0v) is 18.3. The molecule has 11 heteroatoms. The Hall–Kier alpha value is -2.75. The maximum atomic E-state index is 14.6. The van der Waals surface area contributed by atoms with Crippen LogP contribution in [0.2, 0.25) is 5.02 Å². The van der Waals surface area contributed by atoms with Crippen molar-refractivity contribution >= 4 is 23.4 Å². The van der Waals surface area contributed by atoms with Crippen molar-refractivity contribution in [3.05, 3.63) is 63.9 Å². The number of carbonyl (C=O) groups is 2. The predicted octanol–water partition coefficient (Wildman–Crippen LogP) is 4.90. The highest BCUT2D eigenvalue weighted by molar-refractivity contribution is 6.30. The fourth-order valence-electron chi connectivity index (χ4n) is 4.73. The van der Waals surface area contributed by atoms with Crippen molar-refractivity contribution in [3.8, 4) is 0 Å². The van der Waals surface area contributed by atoms with E-state index >= 15 is 0 Å². The number of likely N-dealkylation sites (tertiary alicyclic amines) is 1. The lowest BCUT2D eigenvalue weighted by Gasteiger charge is -2.29. The molecule has 2 saturated carbocycles. The number of amides is 2. The van der Waals surface area contributed by atoms with E-state index in [9.17, 15) is 31.5 Å². The molecule has 0 spiro atoms. The maximum Gasteiger partial charge on any atom is 0.433 e. The molecule has 1 aromatic heterocycles. The number of alkyl halides is 3. The molecule has 4 atom stereocenters. The number of hydrogen-bond donors (Lipinski definition) is 1. The average Bonchev–Trinajstić information content (AvgIpc) is 3.72. The number of carbonyl (C=O) groups excluding carboxylic acids is 2. The summed E-state index contributed by atoms with van der Waals surface area (Å²) in [6.45, 7) is 0. The molecule has 2 heterocycles. The highest BCUT2D eigenvalue weighted by atomic mass is 35.5. The van der Waals surface area contributed by atoms with Gasteiger partial charge < -0.3 is 10.2 Å². The van der Waals surface area contributed by atoms with E-state index in [2.05, 4.69) is 10.3 Å². The smallest absolute Gasteiger partial charge is 0.347 e. The highest BCUT2D eigenvalue weighted by Crippen LogP contribution is 2.49. The van der Waals surface area contributed by atoms with E-state index in [1.54, 1.807) is 0 Å². The first kappa shape index (κ1) is 23.0. The lowest BCUT2D eigenvalue weighted by atomic mass is 10.00. The van der Waals surface area contributed by atoms with Crippen LogP contribution in [0.5, 0.6) is 0 Å². The Morgan fingerprint density at radius 3 is 2.53 bits per heavy atom. The summed E-state index contributed by atoms with van der Waals surface area (Å²) in [6.07, 6.45) is -2.30. The summed E-state index contributed by atoms with van der Waals surface area (Å²) >= 11 is 5.64. The van der Waals surface area contributed by atoms with Crippen LogP contribution in [-0.2, 0) is 11.0 Å². The minimum Gasteiger partial charge on any atom is -0.347 e. The third kappa shape index (κ3) is 4.23. The Bertz CT molecular complexity index is 1170. The largest absolute Gasteiger partial charge is 0.433 e. The number of aromatic nitrogens is 1. The minimum absolute atomic E-state index is 0.0293. The molecule has 0 radical (unpaired) electrons. The Balaban J connectivity index is 1.38. The molecule has 1 aliphatic heterocycles. The van der Waals surface area contributed by atoms with Crippen LogP contribution in [0.1, 0.15) is 53.5 Å². The van der Waals surface area contributed by atoms with Crippen LogP contribution in [0, 0.1) is 23.5 Å². The Labute approximate surface area is 196 Å². The van der Waals surface area contributed by atoms with Crippen LogP contribution in [0.25, 0.3) is 0 Å². The number of nitrogens with zero attached hydrogens (tertiary/aromatic N) is 2. The quantitative estimate of drug-likeness (QED) is 0.470. The molecule has 2 aromatic rings. The van der Waals surface area contributed by atoms with Crippen molar-refractivity contribution in [2.24, 2.45) is 11.8 Å². The van der Waals surface area contributed by atoms with Crippen molar-refractivity contribution in [3.63, 3.8) is 0 Å². The molecule has 5 nitrogen and oxygen atoms in total. The van der Waals surface area contributed by atoms with E-state index in [1.807, 2.05) is 0 Å². The first-order valence-corrected chi connectivity index (χ1v) is 11.2. The fourth-order valence-corrected chi connectivity index (χ4v) is 4.88. The van der Waals surface area contributed by atoms with Crippen molar-refractivity contribution in [1.29, 1.82) is 0 Å². The Kier molecular flexibility index (Phi) is 5.54. The standard InChI is InChI=1S/C23H19ClF5N3O2/c24-13-9-14(25)12(8-15(13)26)20(10-4-5-10)31-21(33)18-7-11-6-17(11)32(18)22(34)16-2-1-3-19(30-16)23(27,28)29/h1-3,8-11,17-18,20H,4-7H2,(H,31,33)/t11-,17-,18-,20?/m1/s1. The second-order valence-corrected chi connectivity index (χ2v) is 9.45. The molecule has 2 aliphatic carbocycles. The van der Waals surface area contributed by atoms with Gasteiger partial charge in [-0.2, -0.15) is 13.2 Å². The zero-order chi connectivity index (χ0) is 24.4. The van der Waals surface area contributed by atoms with Gasteiger partial charge in [-0.05, 0) is 61.8 Å². The number of piperidine rings is 1. The van der Waals surface area contributed by atoms with Gasteiger partial charge in [-0.3, -0.25) is 9.59 Å². The van der Waals surface area contributed by atoms with Gasteiger partial charge in [0.25, 0.3) is 5.91 Å². The topological polar surface area (TPSA) is 62.3 Å². The number of fused-ring (bicyclic) bond motifs is 1. The molecule has 3 fully saturated rings. The summed E-state index contributed by atoms with van der Waals surface area (Å²) in [7, 11) is 0. The van der Waals surface area contributed by atoms with Crippen LogP contribution in [0.4, 0.5) is 22.0 Å². The van der Waals surface area contributed by atoms with E-state index in [0.717, 1.165) is 24.3 Å². The van der Waals surface area contributed by atoms with Gasteiger partial charge in [0.2, 0.25) is 5.91 Å². The molecular formula is C23H19ClF5N3O2. The fraction of sp³-hybridized carbons (Fsp3) is 0.435. The number of pyridine rings is 1. The predicted molar refractivity (Wildman–Crippen MR) is 111 cm³/mol. The molecule has 1 N–H and O–H groups in total. The van der Waals surface area contributed by atoms with Crippen molar-refractivity contribution in [2.75, 3.05) is 0 Å². The lowest BCUT2D eigenvalue weighted by Crippen LogP contribution is -2.49. The second kappa shape index (κ2) is 8.18. The SMILES string of the molecule is O=C(NC(c1cc(F)c(Cl)cc1F)C1CC1)[C@H]1C[C@H]2C[C@H]2N1C(=O)c1cccc(C(F)(F)F)n1. The summed E-state index contributed by atoms with van der Waals surface area (Å²) in [4.78, 5) is 31.1. The number of rotatable bonds is 5. The summed E-state index contributed by atoms with van der Waals surface area (Å²) in [6, 6.07) is 2.86. The van der Waals surface area contributed by atoms with Gasteiger partial charge in [-0.1, -0.05) is 17.7 Å². The molecule has 5 rings (SSSR count). The summed E-state index contributed by atoms with van der Waals surface area (Å²) in [5.41, 5.74) is -1.62. The van der Waals surface area contributed by atoms with Crippen molar-refractivity contribution in [2.45, 2.75) is 50.0 Å². The first-order valence-electron chi connectivity index (χ1n) is 10.9. The van der Waals surface area contributed by atoms with Gasteiger partial charge in [0.05, 0.1) is 11.1 Å². The minimum atomic E-state index is -4.71. The van der Waals surface area contributed by atoms with Gasteiger partial charge >= 0.3 is 6.18 Å². The highest BCUT2D eigenvalue weighted by Gasteiger charge is 2.57. The van der Waals surface area contributed by atoms with Gasteiger partial charge in [-0.15, -0.1) is 0 Å². The van der Waals surface area contributed by atoms with Crippen LogP contribution in [0.3, 0.4) is 0 Å². The van der Waals surface area contributed by atoms with E-state index in [0.29, 0.717) is 25.7 Å². The van der Waals surface area contributed by atoms with Crippen LogP contribution >= 0.6 is 11.6 Å². The second-order valence-electron chi connectivity index (χ2n) is 9.04. The summed E-state index contributed by atoms with van der Waals surface area (Å²) in [5, 5.41) is 2.38. The van der Waals surface area contributed by atoms with Crippen molar-refractivity contribution in [1.82, 2.24) is 15.2 Å². The van der Waals surface area contributed by atoms with Crippen LogP contribution < -0.4 is 5.32 Å². The molecule has 2 amide bonds. The number of halogens is 6. The van der Waals surface area contributed by atoms with Gasteiger partial charge in [0.15, 0.2) is 0 Å².